The Kier molecular flexibility index (Phi) is 8.22. The molecule has 0 amide bonds. The number of aliphatic hydroxyl groups excluding tert-OH is 1. The summed E-state index contributed by atoms with van der Waals surface area (Å²) in [5.74, 6) is -0.486. The summed E-state index contributed by atoms with van der Waals surface area (Å²) in [6, 6.07) is 5.75. The van der Waals surface area contributed by atoms with Crippen molar-refractivity contribution >= 4 is 12.0 Å². The number of ether oxygens (including phenoxy) is 1. The van der Waals surface area contributed by atoms with E-state index in [1.54, 1.807) is 12.1 Å². The van der Waals surface area contributed by atoms with Gasteiger partial charge in [0.05, 0.1) is 13.2 Å². The lowest BCUT2D eigenvalue weighted by Crippen LogP contribution is -2.49. The van der Waals surface area contributed by atoms with Crippen LogP contribution in [-0.2, 0) is 9.53 Å². The third-order valence-corrected chi connectivity index (χ3v) is 4.85. The van der Waals surface area contributed by atoms with E-state index in [4.69, 9.17) is 4.74 Å². The number of halogens is 1. The maximum atomic E-state index is 12.9. The summed E-state index contributed by atoms with van der Waals surface area (Å²) in [5.41, 5.74) is 0.690. The second kappa shape index (κ2) is 10.4. The van der Waals surface area contributed by atoms with Crippen molar-refractivity contribution in [3.63, 3.8) is 0 Å². The Morgan fingerprint density at radius 1 is 1.23 bits per heavy atom. The summed E-state index contributed by atoms with van der Waals surface area (Å²) in [4.78, 5) is 11.8. The first kappa shape index (κ1) is 20.6. The van der Waals surface area contributed by atoms with Gasteiger partial charge in [0.1, 0.15) is 25.5 Å². The number of nitrogens with zero attached hydrogens (tertiary/aromatic N) is 1. The molecular formula is C20H28FNO4. The van der Waals surface area contributed by atoms with Crippen molar-refractivity contribution in [2.45, 2.75) is 32.1 Å². The zero-order valence-electron chi connectivity index (χ0n) is 15.1. The first-order valence-electron chi connectivity index (χ1n) is 9.29. The standard InChI is InChI=1S/C20H28FNO4/c21-19-9-6-17(7-10-19)8-11-20(24)26-15-13-22(25,12-14-23)16-18-4-2-1-3-5-18/h6-11,18,23H,1-5,12-16H2/b11-8+/t22-/m0/s1. The summed E-state index contributed by atoms with van der Waals surface area (Å²) in [6.45, 7) is 0.591. The van der Waals surface area contributed by atoms with E-state index in [9.17, 15) is 19.5 Å². The topological polar surface area (TPSA) is 69.6 Å². The molecule has 0 bridgehead atoms. The Balaban J connectivity index is 1.78. The van der Waals surface area contributed by atoms with Crippen molar-refractivity contribution in [3.8, 4) is 0 Å². The number of carbonyl (C=O) groups is 1. The maximum absolute atomic E-state index is 12.9. The minimum Gasteiger partial charge on any atom is -0.633 e. The van der Waals surface area contributed by atoms with Crippen molar-refractivity contribution in [3.05, 3.63) is 46.9 Å². The molecule has 0 spiro atoms. The fourth-order valence-corrected chi connectivity index (χ4v) is 3.42. The summed E-state index contributed by atoms with van der Waals surface area (Å²) >= 11 is 0. The molecule has 1 saturated carbocycles. The predicted octanol–water partition coefficient (Wildman–Crippen LogP) is 3.27. The Labute approximate surface area is 154 Å². The highest BCUT2D eigenvalue weighted by Gasteiger charge is 2.24. The molecule has 0 unspecified atom stereocenters. The number of hydrogen-bond donors (Lipinski definition) is 1. The van der Waals surface area contributed by atoms with Gasteiger partial charge in [0.2, 0.25) is 0 Å². The molecule has 0 heterocycles. The number of aliphatic hydroxyl groups is 1. The predicted molar refractivity (Wildman–Crippen MR) is 98.3 cm³/mol. The second-order valence-electron chi connectivity index (χ2n) is 6.97. The van der Waals surface area contributed by atoms with Gasteiger partial charge in [0, 0.05) is 12.0 Å². The van der Waals surface area contributed by atoms with Gasteiger partial charge in [-0.3, -0.25) is 0 Å². The monoisotopic (exact) mass is 365 g/mol. The van der Waals surface area contributed by atoms with Gasteiger partial charge in [-0.1, -0.05) is 31.4 Å². The van der Waals surface area contributed by atoms with E-state index >= 15 is 0 Å². The zero-order chi connectivity index (χ0) is 18.8. The average molecular weight is 365 g/mol. The van der Waals surface area contributed by atoms with Crippen LogP contribution in [0.1, 0.15) is 37.7 Å². The summed E-state index contributed by atoms with van der Waals surface area (Å²) in [6.07, 6.45) is 8.48. The first-order chi connectivity index (χ1) is 12.5. The van der Waals surface area contributed by atoms with Crippen LogP contribution >= 0.6 is 0 Å². The lowest BCUT2D eigenvalue weighted by molar-refractivity contribution is -0.884. The molecule has 2 rings (SSSR count). The molecule has 5 nitrogen and oxygen atoms in total. The van der Waals surface area contributed by atoms with E-state index in [1.807, 2.05) is 0 Å². The molecule has 0 aliphatic heterocycles. The van der Waals surface area contributed by atoms with Crippen LogP contribution < -0.4 is 0 Å². The van der Waals surface area contributed by atoms with Crippen molar-refractivity contribution < 1.29 is 23.7 Å². The summed E-state index contributed by atoms with van der Waals surface area (Å²) in [5, 5.41) is 22.1. The minimum atomic E-state index is -0.539. The molecule has 6 heteroatoms. The molecule has 1 atom stereocenters. The minimum absolute atomic E-state index is 0.0167. The van der Waals surface area contributed by atoms with Crippen molar-refractivity contribution in [1.82, 2.24) is 0 Å². The van der Waals surface area contributed by atoms with Crippen molar-refractivity contribution in [2.75, 3.05) is 32.8 Å². The smallest absolute Gasteiger partial charge is 0.330 e. The van der Waals surface area contributed by atoms with Gasteiger partial charge in [-0.2, -0.15) is 0 Å². The Hall–Kier alpha value is -1.76. The number of benzene rings is 1. The molecule has 1 aromatic carbocycles. The molecule has 144 valence electrons. The van der Waals surface area contributed by atoms with Crippen LogP contribution in [0.5, 0.6) is 0 Å². The van der Waals surface area contributed by atoms with Gasteiger partial charge in [-0.25, -0.2) is 9.18 Å². The number of hydroxylamine groups is 3. The average Bonchev–Trinajstić information content (AvgIpc) is 2.62. The third kappa shape index (κ3) is 7.23. The lowest BCUT2D eigenvalue weighted by Gasteiger charge is -2.45. The number of esters is 1. The number of hydrogen-bond acceptors (Lipinski definition) is 4. The fraction of sp³-hybridized carbons (Fsp3) is 0.550. The molecule has 26 heavy (non-hydrogen) atoms. The van der Waals surface area contributed by atoms with E-state index in [1.165, 1.54) is 30.7 Å². The molecule has 1 aliphatic rings. The van der Waals surface area contributed by atoms with Crippen LogP contribution in [0, 0.1) is 16.9 Å². The van der Waals surface area contributed by atoms with Gasteiger partial charge in [0.25, 0.3) is 0 Å². The Morgan fingerprint density at radius 2 is 1.92 bits per heavy atom. The van der Waals surface area contributed by atoms with Crippen LogP contribution in [0.25, 0.3) is 6.08 Å². The number of rotatable bonds is 9. The summed E-state index contributed by atoms with van der Waals surface area (Å²) < 4.78 is 17.4. The van der Waals surface area contributed by atoms with Crippen LogP contribution in [-0.4, -0.2) is 48.6 Å². The highest BCUT2D eigenvalue weighted by molar-refractivity contribution is 5.87. The normalized spacial score (nSPS) is 18.0. The zero-order valence-corrected chi connectivity index (χ0v) is 15.1. The number of carbonyl (C=O) groups excluding carboxylic acids is 1. The van der Waals surface area contributed by atoms with Gasteiger partial charge in [-0.15, -0.1) is 0 Å². The van der Waals surface area contributed by atoms with E-state index in [2.05, 4.69) is 0 Å². The quantitative estimate of drug-likeness (QED) is 0.316. The van der Waals surface area contributed by atoms with Gasteiger partial charge < -0.3 is 19.7 Å². The van der Waals surface area contributed by atoms with Gasteiger partial charge in [-0.05, 0) is 36.6 Å². The van der Waals surface area contributed by atoms with Gasteiger partial charge >= 0.3 is 5.97 Å². The van der Waals surface area contributed by atoms with E-state index in [0.29, 0.717) is 18.0 Å². The molecular weight excluding hydrogens is 337 g/mol. The maximum Gasteiger partial charge on any atom is 0.330 e. The van der Waals surface area contributed by atoms with E-state index < -0.39 is 10.6 Å². The Bertz CT molecular complexity index is 584. The molecule has 1 N–H and O–H groups in total. The van der Waals surface area contributed by atoms with Crippen LogP contribution in [0.15, 0.2) is 30.3 Å². The molecule has 0 aromatic heterocycles. The second-order valence-corrected chi connectivity index (χ2v) is 6.97. The van der Waals surface area contributed by atoms with Crippen LogP contribution in [0.2, 0.25) is 0 Å². The van der Waals surface area contributed by atoms with Gasteiger partial charge in [0.15, 0.2) is 0 Å². The molecule has 1 aliphatic carbocycles. The lowest BCUT2D eigenvalue weighted by atomic mass is 9.89. The van der Waals surface area contributed by atoms with Crippen LogP contribution in [0.3, 0.4) is 0 Å². The van der Waals surface area contributed by atoms with E-state index in [-0.39, 0.29) is 32.1 Å². The van der Waals surface area contributed by atoms with Crippen molar-refractivity contribution in [2.24, 2.45) is 5.92 Å². The highest BCUT2D eigenvalue weighted by atomic mass is 19.1. The van der Waals surface area contributed by atoms with Crippen LogP contribution in [0.4, 0.5) is 4.39 Å². The SMILES string of the molecule is O=C(/C=C/c1ccc(F)cc1)OCC[N@@+]([O-])(CCO)CC1CCCCC1. The van der Waals surface area contributed by atoms with Crippen molar-refractivity contribution in [1.29, 1.82) is 0 Å². The molecule has 1 aromatic rings. The largest absolute Gasteiger partial charge is 0.633 e. The fourth-order valence-electron chi connectivity index (χ4n) is 3.42. The molecule has 0 radical (unpaired) electrons. The van der Waals surface area contributed by atoms with E-state index in [0.717, 1.165) is 25.7 Å². The number of quaternary nitrogens is 1. The molecule has 1 fully saturated rings. The third-order valence-electron chi connectivity index (χ3n) is 4.85. The molecule has 0 saturated heterocycles. The summed E-state index contributed by atoms with van der Waals surface area (Å²) in [7, 11) is 0. The first-order valence-corrected chi connectivity index (χ1v) is 9.29. The highest BCUT2D eigenvalue weighted by Crippen LogP contribution is 2.26. The Morgan fingerprint density at radius 3 is 2.58 bits per heavy atom.